The van der Waals surface area contributed by atoms with Gasteiger partial charge in [0.25, 0.3) is 5.91 Å². The van der Waals surface area contributed by atoms with Gasteiger partial charge in [-0.15, -0.1) is 0 Å². The highest BCUT2D eigenvalue weighted by Gasteiger charge is 2.10. The van der Waals surface area contributed by atoms with Crippen LogP contribution in [0.1, 0.15) is 16.8 Å². The number of anilines is 2. The normalized spacial score (nSPS) is 9.64. The number of carbonyl (C=O) groups is 2. The summed E-state index contributed by atoms with van der Waals surface area (Å²) in [6, 6.07) is 15.0. The van der Waals surface area contributed by atoms with E-state index in [1.807, 2.05) is 0 Å². The molecule has 0 fully saturated rings. The molecule has 2 aromatic rings. The van der Waals surface area contributed by atoms with Crippen LogP contribution < -0.4 is 10.6 Å². The number of nitrogens with zero attached hydrogens (tertiary/aromatic N) is 1. The predicted octanol–water partition coefficient (Wildman–Crippen LogP) is 3.44. The number of nitriles is 1. The first kappa shape index (κ1) is 15.5. The molecule has 0 aliphatic carbocycles. The molecular formula is C16H12ClN3O2. The van der Waals surface area contributed by atoms with Crippen molar-refractivity contribution in [1.29, 1.82) is 5.26 Å². The molecule has 22 heavy (non-hydrogen) atoms. The molecule has 0 aliphatic rings. The number of hydrogen-bond acceptors (Lipinski definition) is 3. The molecule has 2 N–H and O–H groups in total. The second-order valence-corrected chi connectivity index (χ2v) is 4.83. The molecule has 2 amide bonds. The van der Waals surface area contributed by atoms with Gasteiger partial charge in [0.05, 0.1) is 17.4 Å². The van der Waals surface area contributed by atoms with Crippen LogP contribution in [0.3, 0.4) is 0 Å². The Kier molecular flexibility index (Phi) is 5.12. The van der Waals surface area contributed by atoms with Crippen molar-refractivity contribution in [3.8, 4) is 6.07 Å². The molecule has 0 saturated carbocycles. The summed E-state index contributed by atoms with van der Waals surface area (Å²) < 4.78 is 0. The van der Waals surface area contributed by atoms with Crippen LogP contribution in [0.5, 0.6) is 0 Å². The fraction of sp³-hybridized carbons (Fsp3) is 0.0625. The van der Waals surface area contributed by atoms with Crippen LogP contribution in [-0.2, 0) is 4.79 Å². The summed E-state index contributed by atoms with van der Waals surface area (Å²) >= 11 is 5.78. The maximum absolute atomic E-state index is 12.2. The summed E-state index contributed by atoms with van der Waals surface area (Å²) in [6.45, 7) is 0. The van der Waals surface area contributed by atoms with Crippen molar-refractivity contribution < 1.29 is 9.59 Å². The maximum atomic E-state index is 12.2. The third kappa shape index (κ3) is 4.08. The highest BCUT2D eigenvalue weighted by molar-refractivity contribution is 6.30. The van der Waals surface area contributed by atoms with E-state index in [-0.39, 0.29) is 12.3 Å². The number of carbonyl (C=O) groups excluding carboxylic acids is 2. The topological polar surface area (TPSA) is 82.0 Å². The number of benzene rings is 2. The van der Waals surface area contributed by atoms with Crippen molar-refractivity contribution in [2.45, 2.75) is 6.42 Å². The van der Waals surface area contributed by atoms with E-state index in [0.717, 1.165) is 0 Å². The average molecular weight is 314 g/mol. The molecule has 0 heterocycles. The van der Waals surface area contributed by atoms with E-state index in [1.165, 1.54) is 0 Å². The molecule has 5 nitrogen and oxygen atoms in total. The summed E-state index contributed by atoms with van der Waals surface area (Å²) in [5.74, 6) is -0.755. The van der Waals surface area contributed by atoms with Gasteiger partial charge >= 0.3 is 0 Å². The van der Waals surface area contributed by atoms with Gasteiger partial charge in [-0.25, -0.2) is 0 Å². The minimum Gasteiger partial charge on any atom is -0.323 e. The van der Waals surface area contributed by atoms with Gasteiger partial charge in [-0.05, 0) is 36.4 Å². The Labute approximate surface area is 132 Å². The van der Waals surface area contributed by atoms with Gasteiger partial charge in [-0.3, -0.25) is 9.59 Å². The molecule has 0 saturated heterocycles. The molecule has 110 valence electrons. The van der Waals surface area contributed by atoms with E-state index < -0.39 is 5.91 Å². The zero-order valence-corrected chi connectivity index (χ0v) is 12.2. The van der Waals surface area contributed by atoms with E-state index in [2.05, 4.69) is 10.6 Å². The number of halogens is 1. The third-order valence-corrected chi connectivity index (χ3v) is 3.05. The van der Waals surface area contributed by atoms with E-state index in [4.69, 9.17) is 16.9 Å². The monoisotopic (exact) mass is 313 g/mol. The predicted molar refractivity (Wildman–Crippen MR) is 84.7 cm³/mol. The Morgan fingerprint density at radius 3 is 2.18 bits per heavy atom. The lowest BCUT2D eigenvalue weighted by Gasteiger charge is -2.11. The fourth-order valence-electron chi connectivity index (χ4n) is 1.76. The number of amides is 2. The van der Waals surface area contributed by atoms with Gasteiger partial charge in [0.1, 0.15) is 6.42 Å². The summed E-state index contributed by atoms with van der Waals surface area (Å²) in [4.78, 5) is 23.7. The number of rotatable bonds is 4. The molecule has 2 aromatic carbocycles. The van der Waals surface area contributed by atoms with Crippen molar-refractivity contribution >= 4 is 34.8 Å². The molecule has 0 spiro atoms. The summed E-state index contributed by atoms with van der Waals surface area (Å²) in [5, 5.41) is 14.3. The van der Waals surface area contributed by atoms with Gasteiger partial charge in [0, 0.05) is 10.6 Å². The fourth-order valence-corrected chi connectivity index (χ4v) is 1.89. The lowest BCUT2D eigenvalue weighted by Crippen LogP contribution is -2.16. The minimum atomic E-state index is -0.435. The van der Waals surface area contributed by atoms with Crippen molar-refractivity contribution in [2.24, 2.45) is 0 Å². The molecule has 6 heteroatoms. The van der Waals surface area contributed by atoms with Gasteiger partial charge in [-0.1, -0.05) is 23.7 Å². The zero-order valence-electron chi connectivity index (χ0n) is 11.5. The van der Waals surface area contributed by atoms with Crippen molar-refractivity contribution in [2.75, 3.05) is 10.6 Å². The first-order valence-corrected chi connectivity index (χ1v) is 6.80. The zero-order chi connectivity index (χ0) is 15.9. The Balaban J connectivity index is 2.15. The molecule has 0 bridgehead atoms. The van der Waals surface area contributed by atoms with Gasteiger partial charge in [0.2, 0.25) is 5.91 Å². The minimum absolute atomic E-state index is 0.251. The lowest BCUT2D eigenvalue weighted by atomic mass is 10.2. The Bertz CT molecular complexity index is 736. The van der Waals surface area contributed by atoms with Gasteiger partial charge in [-0.2, -0.15) is 5.26 Å². The number of para-hydroxylation sites is 2. The summed E-state index contributed by atoms with van der Waals surface area (Å²) in [6.07, 6.45) is -0.251. The summed E-state index contributed by atoms with van der Waals surface area (Å²) in [5.41, 5.74) is 1.33. The van der Waals surface area contributed by atoms with Crippen LogP contribution in [0, 0.1) is 11.3 Å². The maximum Gasteiger partial charge on any atom is 0.255 e. The van der Waals surface area contributed by atoms with E-state index in [9.17, 15) is 9.59 Å². The van der Waals surface area contributed by atoms with Crippen LogP contribution in [0.4, 0.5) is 11.4 Å². The van der Waals surface area contributed by atoms with E-state index in [1.54, 1.807) is 54.6 Å². The average Bonchev–Trinajstić information content (AvgIpc) is 2.50. The van der Waals surface area contributed by atoms with Gasteiger partial charge in [0.15, 0.2) is 0 Å². The molecule has 0 atom stereocenters. The Hall–Kier alpha value is -2.84. The lowest BCUT2D eigenvalue weighted by molar-refractivity contribution is -0.115. The van der Waals surface area contributed by atoms with Crippen molar-refractivity contribution in [3.63, 3.8) is 0 Å². The molecule has 0 radical (unpaired) electrons. The van der Waals surface area contributed by atoms with Crippen LogP contribution in [0.15, 0.2) is 48.5 Å². The second kappa shape index (κ2) is 7.25. The highest BCUT2D eigenvalue weighted by Crippen LogP contribution is 2.22. The van der Waals surface area contributed by atoms with Crippen molar-refractivity contribution in [1.82, 2.24) is 0 Å². The van der Waals surface area contributed by atoms with Crippen LogP contribution in [0.25, 0.3) is 0 Å². The Morgan fingerprint density at radius 2 is 1.59 bits per heavy atom. The van der Waals surface area contributed by atoms with Gasteiger partial charge < -0.3 is 10.6 Å². The third-order valence-electron chi connectivity index (χ3n) is 2.80. The number of nitrogens with one attached hydrogen (secondary N) is 2. The van der Waals surface area contributed by atoms with Crippen LogP contribution in [0.2, 0.25) is 5.02 Å². The molecule has 2 rings (SSSR count). The highest BCUT2D eigenvalue weighted by atomic mass is 35.5. The van der Waals surface area contributed by atoms with Crippen LogP contribution >= 0.6 is 11.6 Å². The molecule has 0 aliphatic heterocycles. The van der Waals surface area contributed by atoms with E-state index in [0.29, 0.717) is 22.0 Å². The SMILES string of the molecule is N#CCC(=O)Nc1ccccc1NC(=O)c1ccc(Cl)cc1. The summed E-state index contributed by atoms with van der Waals surface area (Å²) in [7, 11) is 0. The van der Waals surface area contributed by atoms with E-state index >= 15 is 0 Å². The largest absolute Gasteiger partial charge is 0.323 e. The Morgan fingerprint density at radius 1 is 1.00 bits per heavy atom. The first-order valence-electron chi connectivity index (χ1n) is 6.43. The van der Waals surface area contributed by atoms with Crippen molar-refractivity contribution in [3.05, 3.63) is 59.1 Å². The molecule has 0 aromatic heterocycles. The standard InChI is InChI=1S/C16H12ClN3O2/c17-12-7-5-11(6-8-12)16(22)20-14-4-2-1-3-13(14)19-15(21)9-10-18/h1-8H,9H2,(H,19,21)(H,20,22). The second-order valence-electron chi connectivity index (χ2n) is 4.39. The molecule has 0 unspecified atom stereocenters. The smallest absolute Gasteiger partial charge is 0.255 e. The molecular weight excluding hydrogens is 302 g/mol. The first-order chi connectivity index (χ1) is 10.6. The number of hydrogen-bond donors (Lipinski definition) is 2. The quantitative estimate of drug-likeness (QED) is 0.907. The van der Waals surface area contributed by atoms with Crippen LogP contribution in [-0.4, -0.2) is 11.8 Å².